The largest absolute Gasteiger partial charge is 0.494 e. The van der Waals surface area contributed by atoms with Crippen LogP contribution >= 0.6 is 0 Å². The van der Waals surface area contributed by atoms with Crippen LogP contribution in [0.25, 0.3) is 0 Å². The van der Waals surface area contributed by atoms with Crippen LogP contribution < -0.4 is 9.64 Å². The van der Waals surface area contributed by atoms with Crippen molar-refractivity contribution in [3.63, 3.8) is 0 Å². The molecule has 5 nitrogen and oxygen atoms in total. The lowest BCUT2D eigenvalue weighted by molar-refractivity contribution is 0.201. The summed E-state index contributed by atoms with van der Waals surface area (Å²) >= 11 is 0. The molecule has 0 spiro atoms. The second-order valence-electron chi connectivity index (χ2n) is 6.29. The van der Waals surface area contributed by atoms with Crippen LogP contribution in [0, 0.1) is 0 Å². The molecule has 0 aromatic heterocycles. The molecular formula is C19H28N2O3. The van der Waals surface area contributed by atoms with Crippen LogP contribution in [-0.4, -0.2) is 49.4 Å². The third kappa shape index (κ3) is 5.27. The number of hydrogen-bond acceptors (Lipinski definition) is 3. The summed E-state index contributed by atoms with van der Waals surface area (Å²) < 4.78 is 5.83. The Morgan fingerprint density at radius 2 is 2.25 bits per heavy atom. The minimum atomic E-state index is -0.883. The van der Waals surface area contributed by atoms with Crippen LogP contribution in [0.15, 0.2) is 30.9 Å². The third-order valence-electron chi connectivity index (χ3n) is 4.29. The van der Waals surface area contributed by atoms with Crippen molar-refractivity contribution in [2.75, 3.05) is 38.2 Å². The maximum absolute atomic E-state index is 11.2. The number of unbranched alkanes of at least 4 members (excludes halogenated alkanes) is 2. The normalized spacial score (nSPS) is 13.7. The second kappa shape index (κ2) is 9.33. The SMILES string of the molecule is C=CCN(C)CCCCCOc1ccc2c(c1)CCCN2C(=O)O. The van der Waals surface area contributed by atoms with Crippen molar-refractivity contribution in [1.82, 2.24) is 4.90 Å². The molecule has 0 saturated carbocycles. The number of benzene rings is 1. The molecule has 5 heteroatoms. The van der Waals surface area contributed by atoms with Gasteiger partial charge >= 0.3 is 6.09 Å². The van der Waals surface area contributed by atoms with Gasteiger partial charge in [0.05, 0.1) is 12.3 Å². The van der Waals surface area contributed by atoms with Crippen molar-refractivity contribution in [2.45, 2.75) is 32.1 Å². The molecule has 0 radical (unpaired) electrons. The summed E-state index contributed by atoms with van der Waals surface area (Å²) in [6, 6.07) is 5.72. The molecule has 1 aliphatic rings. The van der Waals surface area contributed by atoms with E-state index in [0.29, 0.717) is 13.2 Å². The quantitative estimate of drug-likeness (QED) is 0.552. The molecule has 0 saturated heterocycles. The molecule has 1 aromatic rings. The van der Waals surface area contributed by atoms with Crippen LogP contribution in [0.4, 0.5) is 10.5 Å². The number of rotatable bonds is 9. The van der Waals surface area contributed by atoms with E-state index in [2.05, 4.69) is 18.5 Å². The van der Waals surface area contributed by atoms with Gasteiger partial charge in [0.1, 0.15) is 5.75 Å². The van der Waals surface area contributed by atoms with Crippen molar-refractivity contribution in [1.29, 1.82) is 0 Å². The van der Waals surface area contributed by atoms with Gasteiger partial charge in [-0.1, -0.05) is 6.08 Å². The van der Waals surface area contributed by atoms with Crippen molar-refractivity contribution < 1.29 is 14.6 Å². The molecule has 0 bridgehead atoms. The minimum absolute atomic E-state index is 0.572. The Morgan fingerprint density at radius 3 is 3.00 bits per heavy atom. The first-order valence-electron chi connectivity index (χ1n) is 8.67. The zero-order valence-electron chi connectivity index (χ0n) is 14.5. The number of fused-ring (bicyclic) bond motifs is 1. The van der Waals surface area contributed by atoms with Gasteiger partial charge in [-0.15, -0.1) is 6.58 Å². The van der Waals surface area contributed by atoms with Crippen LogP contribution in [0.5, 0.6) is 5.75 Å². The average Bonchev–Trinajstić information content (AvgIpc) is 2.57. The highest BCUT2D eigenvalue weighted by atomic mass is 16.5. The van der Waals surface area contributed by atoms with Crippen LogP contribution in [0.3, 0.4) is 0 Å². The highest BCUT2D eigenvalue weighted by Gasteiger charge is 2.22. The summed E-state index contributed by atoms with van der Waals surface area (Å²) in [6.07, 6.45) is 6.13. The van der Waals surface area contributed by atoms with Gasteiger partial charge in [-0.2, -0.15) is 0 Å². The Hall–Kier alpha value is -2.01. The Bertz CT molecular complexity index is 560. The Labute approximate surface area is 144 Å². The molecule has 24 heavy (non-hydrogen) atoms. The van der Waals surface area contributed by atoms with E-state index in [0.717, 1.165) is 62.2 Å². The van der Waals surface area contributed by atoms with E-state index in [4.69, 9.17) is 4.74 Å². The molecule has 0 fully saturated rings. The average molecular weight is 332 g/mol. The van der Waals surface area contributed by atoms with Crippen molar-refractivity contribution in [3.8, 4) is 5.75 Å². The van der Waals surface area contributed by atoms with Crippen LogP contribution in [0.2, 0.25) is 0 Å². The smallest absolute Gasteiger partial charge is 0.411 e. The number of amides is 1. The van der Waals surface area contributed by atoms with Gasteiger partial charge < -0.3 is 14.7 Å². The maximum Gasteiger partial charge on any atom is 0.411 e. The number of ether oxygens (including phenoxy) is 1. The van der Waals surface area contributed by atoms with Crippen molar-refractivity contribution in [3.05, 3.63) is 36.4 Å². The fraction of sp³-hybridized carbons (Fsp3) is 0.526. The summed E-state index contributed by atoms with van der Waals surface area (Å²) in [7, 11) is 2.10. The first-order chi connectivity index (χ1) is 11.6. The third-order valence-corrected chi connectivity index (χ3v) is 4.29. The summed E-state index contributed by atoms with van der Waals surface area (Å²) in [5.74, 6) is 0.838. The fourth-order valence-corrected chi connectivity index (χ4v) is 3.02. The standard InChI is InChI=1S/C19H28N2O3/c1-3-11-20(2)12-5-4-6-14-24-17-9-10-18-16(15-17)8-7-13-21(18)19(22)23/h3,9-10,15H,1,4-8,11-14H2,2H3,(H,22,23). The molecule has 2 rings (SSSR count). The number of carbonyl (C=O) groups is 1. The number of anilines is 1. The van der Waals surface area contributed by atoms with Gasteiger partial charge in [0, 0.05) is 13.1 Å². The van der Waals surface area contributed by atoms with Gasteiger partial charge in [-0.05, 0) is 69.5 Å². The first-order valence-corrected chi connectivity index (χ1v) is 8.67. The monoisotopic (exact) mass is 332 g/mol. The highest BCUT2D eigenvalue weighted by Crippen LogP contribution is 2.30. The number of carboxylic acid groups (broad SMARTS) is 1. The topological polar surface area (TPSA) is 53.0 Å². The second-order valence-corrected chi connectivity index (χ2v) is 6.29. The van der Waals surface area contributed by atoms with Gasteiger partial charge in [-0.3, -0.25) is 4.90 Å². The zero-order valence-corrected chi connectivity index (χ0v) is 14.5. The molecule has 0 unspecified atom stereocenters. The first kappa shape index (κ1) is 18.3. The summed E-state index contributed by atoms with van der Waals surface area (Å²) in [4.78, 5) is 14.9. The number of aryl methyl sites for hydroxylation is 1. The molecule has 1 heterocycles. The predicted molar refractivity (Wildman–Crippen MR) is 97.2 cm³/mol. The van der Waals surface area contributed by atoms with Gasteiger partial charge in [-0.25, -0.2) is 4.79 Å². The van der Waals surface area contributed by atoms with Crippen molar-refractivity contribution in [2.24, 2.45) is 0 Å². The fourth-order valence-electron chi connectivity index (χ4n) is 3.02. The Balaban J connectivity index is 1.74. The lowest BCUT2D eigenvalue weighted by Gasteiger charge is -2.27. The Kier molecular flexibility index (Phi) is 7.12. The Morgan fingerprint density at radius 1 is 1.42 bits per heavy atom. The zero-order chi connectivity index (χ0) is 17.4. The maximum atomic E-state index is 11.2. The molecule has 1 aliphatic heterocycles. The number of likely N-dealkylation sites (N-methyl/N-ethyl adjacent to an activating group) is 1. The molecule has 1 amide bonds. The van der Waals surface area contributed by atoms with Crippen LogP contribution in [-0.2, 0) is 6.42 Å². The minimum Gasteiger partial charge on any atom is -0.494 e. The summed E-state index contributed by atoms with van der Waals surface area (Å²) in [6.45, 7) is 7.02. The van der Waals surface area contributed by atoms with E-state index < -0.39 is 6.09 Å². The van der Waals surface area contributed by atoms with E-state index in [-0.39, 0.29) is 0 Å². The molecule has 132 valence electrons. The van der Waals surface area contributed by atoms with E-state index >= 15 is 0 Å². The van der Waals surface area contributed by atoms with Gasteiger partial charge in [0.15, 0.2) is 0 Å². The van der Waals surface area contributed by atoms with E-state index in [1.54, 1.807) is 0 Å². The highest BCUT2D eigenvalue weighted by molar-refractivity contribution is 5.87. The lowest BCUT2D eigenvalue weighted by atomic mass is 10.0. The van der Waals surface area contributed by atoms with Gasteiger partial charge in [0.25, 0.3) is 0 Å². The van der Waals surface area contributed by atoms with Gasteiger partial charge in [0.2, 0.25) is 0 Å². The van der Waals surface area contributed by atoms with E-state index in [9.17, 15) is 9.90 Å². The molecule has 0 atom stereocenters. The molecule has 1 aromatic carbocycles. The molecule has 0 aliphatic carbocycles. The molecular weight excluding hydrogens is 304 g/mol. The summed E-state index contributed by atoms with van der Waals surface area (Å²) in [5.41, 5.74) is 1.86. The summed E-state index contributed by atoms with van der Waals surface area (Å²) in [5, 5.41) is 9.24. The number of hydrogen-bond donors (Lipinski definition) is 1. The predicted octanol–water partition coefficient (Wildman–Crippen LogP) is 3.78. The van der Waals surface area contributed by atoms with Crippen LogP contribution in [0.1, 0.15) is 31.2 Å². The molecule has 1 N–H and O–H groups in total. The van der Waals surface area contributed by atoms with E-state index in [1.165, 1.54) is 4.90 Å². The lowest BCUT2D eigenvalue weighted by Crippen LogP contribution is -2.34. The van der Waals surface area contributed by atoms with Crippen molar-refractivity contribution >= 4 is 11.8 Å². The number of nitrogens with zero attached hydrogens (tertiary/aromatic N) is 2. The van der Waals surface area contributed by atoms with E-state index in [1.807, 2.05) is 24.3 Å².